The van der Waals surface area contributed by atoms with Crippen LogP contribution >= 0.6 is 11.8 Å². The molecule has 2 N–H and O–H groups in total. The molecule has 2 atom stereocenters. The Morgan fingerprint density at radius 1 is 1.10 bits per heavy atom. The third-order valence-electron chi connectivity index (χ3n) is 3.98. The summed E-state index contributed by atoms with van der Waals surface area (Å²) in [6.07, 6.45) is 1.10. The lowest BCUT2D eigenvalue weighted by Gasteiger charge is -2.16. The summed E-state index contributed by atoms with van der Waals surface area (Å²) in [6, 6.07) is 15.6. The smallest absolute Gasteiger partial charge is 0.0421 e. The van der Waals surface area contributed by atoms with Gasteiger partial charge in [0.1, 0.15) is 0 Å². The van der Waals surface area contributed by atoms with Crippen LogP contribution in [-0.4, -0.2) is 5.25 Å². The van der Waals surface area contributed by atoms with Gasteiger partial charge in [0.05, 0.1) is 0 Å². The van der Waals surface area contributed by atoms with Crippen LogP contribution < -0.4 is 5.73 Å². The Labute approximate surface area is 125 Å². The van der Waals surface area contributed by atoms with Crippen LogP contribution in [0.3, 0.4) is 0 Å². The molecule has 0 fully saturated rings. The highest BCUT2D eigenvalue weighted by Gasteiger charge is 2.29. The van der Waals surface area contributed by atoms with Gasteiger partial charge in [0.25, 0.3) is 0 Å². The van der Waals surface area contributed by atoms with Crippen molar-refractivity contribution in [1.29, 1.82) is 0 Å². The molecule has 0 bridgehead atoms. The molecule has 2 heteroatoms. The van der Waals surface area contributed by atoms with Gasteiger partial charge >= 0.3 is 0 Å². The molecule has 1 nitrogen and oxygen atoms in total. The minimum absolute atomic E-state index is 0.183. The van der Waals surface area contributed by atoms with Crippen LogP contribution in [0.5, 0.6) is 0 Å². The fraction of sp³-hybridized carbons (Fsp3) is 0.333. The summed E-state index contributed by atoms with van der Waals surface area (Å²) in [6.45, 7) is 4.33. The van der Waals surface area contributed by atoms with Crippen LogP contribution in [0.15, 0.2) is 42.5 Å². The van der Waals surface area contributed by atoms with Gasteiger partial charge in [-0.2, -0.15) is 11.8 Å². The SMILES string of the molecule is Cc1cc(C)cc(CSC2Cc3ccccc3C2N)c1. The molecule has 0 saturated carbocycles. The van der Waals surface area contributed by atoms with Gasteiger partial charge < -0.3 is 5.73 Å². The van der Waals surface area contributed by atoms with Crippen LogP contribution in [0.1, 0.15) is 33.9 Å². The lowest BCUT2D eigenvalue weighted by Crippen LogP contribution is -2.19. The second-order valence-corrected chi connectivity index (χ2v) is 7.00. The van der Waals surface area contributed by atoms with Crippen molar-refractivity contribution in [3.05, 3.63) is 70.3 Å². The maximum atomic E-state index is 6.39. The van der Waals surface area contributed by atoms with Crippen molar-refractivity contribution < 1.29 is 0 Å². The number of rotatable bonds is 3. The van der Waals surface area contributed by atoms with Crippen molar-refractivity contribution in [2.75, 3.05) is 0 Å². The molecule has 1 aliphatic rings. The van der Waals surface area contributed by atoms with E-state index in [-0.39, 0.29) is 6.04 Å². The van der Waals surface area contributed by atoms with E-state index in [1.54, 1.807) is 0 Å². The normalized spacial score (nSPS) is 20.9. The Morgan fingerprint density at radius 2 is 1.80 bits per heavy atom. The predicted molar refractivity (Wildman–Crippen MR) is 88.1 cm³/mol. The molecular weight excluding hydrogens is 262 g/mol. The molecule has 1 aliphatic carbocycles. The van der Waals surface area contributed by atoms with Crippen molar-refractivity contribution in [1.82, 2.24) is 0 Å². The largest absolute Gasteiger partial charge is 0.323 e. The van der Waals surface area contributed by atoms with E-state index < -0.39 is 0 Å². The van der Waals surface area contributed by atoms with Gasteiger partial charge in [0.2, 0.25) is 0 Å². The van der Waals surface area contributed by atoms with Crippen LogP contribution in [0.25, 0.3) is 0 Å². The van der Waals surface area contributed by atoms with E-state index in [9.17, 15) is 0 Å². The van der Waals surface area contributed by atoms with Gasteiger partial charge in [-0.15, -0.1) is 0 Å². The van der Waals surface area contributed by atoms with Crippen molar-refractivity contribution in [3.8, 4) is 0 Å². The molecule has 0 aromatic heterocycles. The summed E-state index contributed by atoms with van der Waals surface area (Å²) in [5.74, 6) is 1.05. The Balaban J connectivity index is 1.68. The third kappa shape index (κ3) is 2.77. The summed E-state index contributed by atoms with van der Waals surface area (Å²) in [5.41, 5.74) is 13.3. The van der Waals surface area contributed by atoms with Crippen LogP contribution in [-0.2, 0) is 12.2 Å². The lowest BCUT2D eigenvalue weighted by molar-refractivity contribution is 0.731. The average Bonchev–Trinajstić information content (AvgIpc) is 2.73. The van der Waals surface area contributed by atoms with Crippen molar-refractivity contribution in [2.45, 2.75) is 37.3 Å². The number of benzene rings is 2. The molecule has 2 aromatic carbocycles. The van der Waals surface area contributed by atoms with Gasteiger partial charge in [0.15, 0.2) is 0 Å². The monoisotopic (exact) mass is 283 g/mol. The summed E-state index contributed by atoms with van der Waals surface area (Å²) in [5, 5.41) is 0.508. The average molecular weight is 283 g/mol. The Bertz CT molecular complexity index is 600. The van der Waals surface area contributed by atoms with Gasteiger partial charge in [-0.05, 0) is 37.0 Å². The number of nitrogens with two attached hydrogens (primary N) is 1. The Morgan fingerprint density at radius 3 is 2.50 bits per heavy atom. The van der Waals surface area contributed by atoms with E-state index in [0.717, 1.165) is 12.2 Å². The second-order valence-electron chi connectivity index (χ2n) is 5.77. The van der Waals surface area contributed by atoms with Crippen LogP contribution in [0, 0.1) is 13.8 Å². The van der Waals surface area contributed by atoms with Crippen LogP contribution in [0.2, 0.25) is 0 Å². The first-order valence-electron chi connectivity index (χ1n) is 7.15. The molecule has 0 saturated heterocycles. The lowest BCUT2D eigenvalue weighted by atomic mass is 10.1. The zero-order valence-corrected chi connectivity index (χ0v) is 12.9. The van der Waals surface area contributed by atoms with E-state index in [0.29, 0.717) is 5.25 Å². The molecule has 0 aliphatic heterocycles. The number of hydrogen-bond acceptors (Lipinski definition) is 2. The van der Waals surface area contributed by atoms with Gasteiger partial charge in [-0.1, -0.05) is 53.6 Å². The minimum atomic E-state index is 0.183. The molecule has 2 aromatic rings. The summed E-state index contributed by atoms with van der Waals surface area (Å²) in [4.78, 5) is 0. The van der Waals surface area contributed by atoms with Gasteiger partial charge in [-0.3, -0.25) is 0 Å². The third-order valence-corrected chi connectivity index (χ3v) is 5.37. The first-order valence-corrected chi connectivity index (χ1v) is 8.20. The Hall–Kier alpha value is -1.25. The number of fused-ring (bicyclic) bond motifs is 1. The molecule has 104 valence electrons. The van der Waals surface area contributed by atoms with Crippen molar-refractivity contribution >= 4 is 11.8 Å². The summed E-state index contributed by atoms with van der Waals surface area (Å²) < 4.78 is 0. The molecule has 0 amide bonds. The predicted octanol–water partition coefficient (Wildman–Crippen LogP) is 4.16. The minimum Gasteiger partial charge on any atom is -0.323 e. The fourth-order valence-corrected chi connectivity index (χ4v) is 4.33. The molecule has 3 rings (SSSR count). The molecule has 0 spiro atoms. The summed E-state index contributed by atoms with van der Waals surface area (Å²) >= 11 is 1.99. The number of thioether (sulfide) groups is 1. The van der Waals surface area contributed by atoms with E-state index in [2.05, 4.69) is 56.3 Å². The molecule has 0 radical (unpaired) electrons. The molecule has 20 heavy (non-hydrogen) atoms. The van der Waals surface area contributed by atoms with Gasteiger partial charge in [-0.25, -0.2) is 0 Å². The maximum Gasteiger partial charge on any atom is 0.0421 e. The first-order chi connectivity index (χ1) is 9.63. The zero-order valence-electron chi connectivity index (χ0n) is 12.1. The molecule has 2 unspecified atom stereocenters. The maximum absolute atomic E-state index is 6.39. The first kappa shape index (κ1) is 13.7. The van der Waals surface area contributed by atoms with E-state index in [1.165, 1.54) is 27.8 Å². The Kier molecular flexibility index (Phi) is 3.86. The highest BCUT2D eigenvalue weighted by atomic mass is 32.2. The quantitative estimate of drug-likeness (QED) is 0.915. The number of hydrogen-bond donors (Lipinski definition) is 1. The molecule has 0 heterocycles. The van der Waals surface area contributed by atoms with Crippen LogP contribution in [0.4, 0.5) is 0 Å². The fourth-order valence-electron chi connectivity index (χ4n) is 3.11. The van der Waals surface area contributed by atoms with Gasteiger partial charge in [0, 0.05) is 17.0 Å². The van der Waals surface area contributed by atoms with E-state index in [4.69, 9.17) is 5.73 Å². The number of aryl methyl sites for hydroxylation is 2. The topological polar surface area (TPSA) is 26.0 Å². The summed E-state index contributed by atoms with van der Waals surface area (Å²) in [7, 11) is 0. The highest BCUT2D eigenvalue weighted by Crippen LogP contribution is 2.38. The van der Waals surface area contributed by atoms with E-state index in [1.807, 2.05) is 11.8 Å². The standard InChI is InChI=1S/C18H21NS/c1-12-7-13(2)9-14(8-12)11-20-17-10-15-5-3-4-6-16(15)18(17)19/h3-9,17-18H,10-11,19H2,1-2H3. The zero-order chi connectivity index (χ0) is 14.1. The van der Waals surface area contributed by atoms with Crippen molar-refractivity contribution in [2.24, 2.45) is 5.73 Å². The highest BCUT2D eigenvalue weighted by molar-refractivity contribution is 7.99. The van der Waals surface area contributed by atoms with Crippen molar-refractivity contribution in [3.63, 3.8) is 0 Å². The van der Waals surface area contributed by atoms with E-state index >= 15 is 0 Å². The second kappa shape index (κ2) is 5.63. The molecular formula is C18H21NS.